The van der Waals surface area contributed by atoms with E-state index in [0.717, 1.165) is 10.4 Å². The molecule has 0 bridgehead atoms. The monoisotopic (exact) mass is 561 g/mol. The van der Waals surface area contributed by atoms with E-state index < -0.39 is 54.4 Å². The summed E-state index contributed by atoms with van der Waals surface area (Å²) in [5, 5.41) is 1.93. The van der Waals surface area contributed by atoms with Crippen molar-refractivity contribution in [3.05, 3.63) is 60.7 Å². The van der Waals surface area contributed by atoms with E-state index in [2.05, 4.69) is 45.0 Å². The average molecular weight is 562 g/mol. The van der Waals surface area contributed by atoms with Gasteiger partial charge in [0.15, 0.2) is 5.79 Å². The number of hydrogen-bond donors (Lipinski definition) is 0. The van der Waals surface area contributed by atoms with Crippen molar-refractivity contribution in [1.29, 1.82) is 0 Å². The van der Waals surface area contributed by atoms with E-state index in [1.807, 2.05) is 36.4 Å². The third-order valence-electron chi connectivity index (χ3n) is 7.44. The molecule has 3 heterocycles. The summed E-state index contributed by atoms with van der Waals surface area (Å²) in [7, 11) is -7.26. The molecule has 3 aliphatic rings. The van der Waals surface area contributed by atoms with Crippen LogP contribution in [0.15, 0.2) is 60.7 Å². The van der Waals surface area contributed by atoms with E-state index in [-0.39, 0.29) is 18.3 Å². The average Bonchev–Trinajstić information content (AvgIpc) is 3.41. The fourth-order valence-electron chi connectivity index (χ4n) is 6.07. The minimum absolute atomic E-state index is 0.0986. The van der Waals surface area contributed by atoms with Gasteiger partial charge in [0.05, 0.1) is 6.61 Å². The van der Waals surface area contributed by atoms with Gasteiger partial charge in [-0.15, -0.1) is 0 Å². The van der Waals surface area contributed by atoms with E-state index >= 15 is 0 Å². The van der Waals surface area contributed by atoms with Gasteiger partial charge in [-0.05, 0) is 29.3 Å². The second kappa shape index (κ2) is 9.22. The van der Waals surface area contributed by atoms with Gasteiger partial charge in [-0.25, -0.2) is 4.18 Å². The smallest absolute Gasteiger partial charge is 0.367 e. The molecule has 2 aromatic rings. The number of carbonyl (C=O) groups is 1. The maximum atomic E-state index is 12.7. The highest BCUT2D eigenvalue weighted by atomic mass is 32.2. The number of carbonyl (C=O) groups excluding carboxylic acids is 1. The van der Waals surface area contributed by atoms with Gasteiger partial charge in [-0.3, -0.25) is 4.79 Å². The molecule has 0 aromatic heterocycles. The summed E-state index contributed by atoms with van der Waals surface area (Å²) in [6, 6.07) is 20.4. The van der Waals surface area contributed by atoms with Crippen LogP contribution in [-0.2, 0) is 37.9 Å². The second-order valence-corrected chi connectivity index (χ2v) is 17.3. The molecule has 0 saturated carbocycles. The molecular weight excluding hydrogens is 526 g/mol. The Morgan fingerprint density at radius 3 is 2.05 bits per heavy atom. The Hall–Kier alpha value is -2.12. The predicted molar refractivity (Wildman–Crippen MR) is 142 cm³/mol. The van der Waals surface area contributed by atoms with Crippen molar-refractivity contribution in [2.75, 3.05) is 13.2 Å². The first-order valence-corrected chi connectivity index (χ1v) is 16.0. The lowest BCUT2D eigenvalue weighted by Crippen LogP contribution is -2.67. The van der Waals surface area contributed by atoms with Crippen LogP contribution in [0.1, 0.15) is 41.5 Å². The molecule has 11 heteroatoms. The molecule has 2 aromatic carbocycles. The number of hydrogen-bond acceptors (Lipinski definition) is 8. The number of amides is 1. The van der Waals surface area contributed by atoms with Gasteiger partial charge in [0.25, 0.3) is 8.32 Å². The zero-order valence-corrected chi connectivity index (χ0v) is 24.4. The van der Waals surface area contributed by atoms with Crippen molar-refractivity contribution in [2.45, 2.75) is 76.4 Å². The summed E-state index contributed by atoms with van der Waals surface area (Å²) in [6.07, 6.45) is -2.28. The van der Waals surface area contributed by atoms with Crippen LogP contribution in [0.4, 0.5) is 0 Å². The lowest BCUT2D eigenvalue weighted by atomic mass is 10.0. The molecule has 0 N–H and O–H groups in total. The number of nitrogens with zero attached hydrogens (tertiary/aromatic N) is 1. The van der Waals surface area contributed by atoms with E-state index in [4.69, 9.17) is 22.8 Å². The van der Waals surface area contributed by atoms with Gasteiger partial charge in [-0.1, -0.05) is 81.4 Å². The van der Waals surface area contributed by atoms with Crippen LogP contribution in [0.3, 0.4) is 0 Å². The molecule has 0 aliphatic carbocycles. The maximum absolute atomic E-state index is 12.7. The molecule has 1 amide bonds. The summed E-state index contributed by atoms with van der Waals surface area (Å²) in [5.41, 5.74) is -1.68. The normalized spacial score (nSPS) is 30.1. The fraction of sp³-hybridized carbons (Fsp3) is 0.519. The summed E-state index contributed by atoms with van der Waals surface area (Å²) in [6.45, 7) is 10.9. The van der Waals surface area contributed by atoms with Gasteiger partial charge in [-0.2, -0.15) is 12.7 Å². The van der Waals surface area contributed by atoms with Crippen LogP contribution in [0.5, 0.6) is 0 Å². The number of benzene rings is 2. The lowest BCUT2D eigenvalue weighted by molar-refractivity contribution is -0.232. The molecule has 9 nitrogen and oxygen atoms in total. The van der Waals surface area contributed by atoms with Crippen molar-refractivity contribution >= 4 is 34.9 Å². The third-order valence-corrected chi connectivity index (χ3v) is 13.9. The Balaban J connectivity index is 1.56. The van der Waals surface area contributed by atoms with Crippen LogP contribution in [0.25, 0.3) is 0 Å². The van der Waals surface area contributed by atoms with Crippen molar-refractivity contribution < 1.29 is 36.0 Å². The molecule has 3 saturated heterocycles. The Morgan fingerprint density at radius 2 is 1.55 bits per heavy atom. The number of rotatable bonds is 5. The number of ether oxygens (including phenoxy) is 3. The molecule has 1 spiro atoms. The molecule has 4 atom stereocenters. The Labute approximate surface area is 225 Å². The van der Waals surface area contributed by atoms with Crippen molar-refractivity contribution in [3.63, 3.8) is 0 Å². The van der Waals surface area contributed by atoms with Gasteiger partial charge in [0.2, 0.25) is 11.6 Å². The van der Waals surface area contributed by atoms with Gasteiger partial charge < -0.3 is 18.6 Å². The molecule has 3 fully saturated rings. The summed E-state index contributed by atoms with van der Waals surface area (Å²) >= 11 is 0. The van der Waals surface area contributed by atoms with E-state index in [0.29, 0.717) is 4.31 Å². The lowest BCUT2D eigenvalue weighted by Gasteiger charge is -2.43. The first kappa shape index (κ1) is 27.4. The zero-order valence-electron chi connectivity index (χ0n) is 22.5. The van der Waals surface area contributed by atoms with E-state index in [1.54, 1.807) is 13.8 Å². The van der Waals surface area contributed by atoms with Crippen molar-refractivity contribution in [1.82, 2.24) is 4.31 Å². The second-order valence-electron chi connectivity index (χ2n) is 11.5. The van der Waals surface area contributed by atoms with E-state index in [1.165, 1.54) is 6.92 Å². The highest BCUT2D eigenvalue weighted by molar-refractivity contribution is 7.85. The first-order valence-electron chi connectivity index (χ1n) is 12.7. The van der Waals surface area contributed by atoms with E-state index in [9.17, 15) is 13.2 Å². The minimum Gasteiger partial charge on any atom is -0.405 e. The Bertz CT molecular complexity index is 1260. The number of fused-ring (bicyclic) bond motifs is 2. The van der Waals surface area contributed by atoms with Gasteiger partial charge in [0.1, 0.15) is 24.9 Å². The highest BCUT2D eigenvalue weighted by Gasteiger charge is 2.71. The molecule has 206 valence electrons. The Morgan fingerprint density at radius 1 is 1.00 bits per heavy atom. The van der Waals surface area contributed by atoms with Crippen molar-refractivity contribution in [3.8, 4) is 0 Å². The largest absolute Gasteiger partial charge is 0.405 e. The Kier molecular flexibility index (Phi) is 6.66. The van der Waals surface area contributed by atoms with Crippen LogP contribution < -0.4 is 10.4 Å². The third kappa shape index (κ3) is 4.24. The quantitative estimate of drug-likeness (QED) is 0.513. The summed E-state index contributed by atoms with van der Waals surface area (Å²) in [5.74, 6) is -1.74. The first-order chi connectivity index (χ1) is 17.7. The zero-order chi connectivity index (χ0) is 27.6. The molecule has 3 aliphatic heterocycles. The summed E-state index contributed by atoms with van der Waals surface area (Å²) in [4.78, 5) is 12.6. The minimum atomic E-state index is -4.34. The van der Waals surface area contributed by atoms with Crippen LogP contribution in [-0.4, -0.2) is 70.0 Å². The predicted octanol–water partition coefficient (Wildman–Crippen LogP) is 2.30. The molecule has 0 radical (unpaired) electrons. The SMILES string of the molecule is CC(=O)N1[C@]2(COS1(=O)=O)O[C@H](CO[Si](c1ccccc1)(c1ccccc1)C(C)(C)C)C1OC(C)(C)OC12. The van der Waals surface area contributed by atoms with Gasteiger partial charge in [0, 0.05) is 6.92 Å². The summed E-state index contributed by atoms with van der Waals surface area (Å²) < 4.78 is 57.1. The van der Waals surface area contributed by atoms with Crippen LogP contribution >= 0.6 is 0 Å². The topological polar surface area (TPSA) is 101 Å². The van der Waals surface area contributed by atoms with Gasteiger partial charge >= 0.3 is 10.3 Å². The molecule has 38 heavy (non-hydrogen) atoms. The molecule has 2 unspecified atom stereocenters. The molecule has 5 rings (SSSR count). The maximum Gasteiger partial charge on any atom is 0.367 e. The van der Waals surface area contributed by atoms with Crippen LogP contribution in [0, 0.1) is 0 Å². The fourth-order valence-corrected chi connectivity index (χ4v) is 12.0. The van der Waals surface area contributed by atoms with Crippen molar-refractivity contribution in [2.24, 2.45) is 0 Å². The standard InChI is InChI=1S/C27H35NO8SSi/c1-19(29)28-27(18-32-37(28,30)31)24-23(35-26(5,6)36-24)22(34-27)17-33-38(25(2,3)4,20-13-9-7-10-14-20)21-15-11-8-12-16-21/h7-16,22-24H,17-18H2,1-6H3/t22-,23?,24?,27-/m1/s1. The van der Waals surface area contributed by atoms with Crippen LogP contribution in [0.2, 0.25) is 5.04 Å². The molecular formula is C27H35NO8SSi. The highest BCUT2D eigenvalue weighted by Crippen LogP contribution is 2.50.